The van der Waals surface area contributed by atoms with Crippen molar-refractivity contribution in [2.75, 3.05) is 13.2 Å². The van der Waals surface area contributed by atoms with Crippen molar-refractivity contribution in [3.63, 3.8) is 0 Å². The van der Waals surface area contributed by atoms with Crippen LogP contribution in [0.1, 0.15) is 37.5 Å². The summed E-state index contributed by atoms with van der Waals surface area (Å²) in [5.41, 5.74) is 2.48. The van der Waals surface area contributed by atoms with Crippen LogP contribution in [0.2, 0.25) is 0 Å². The summed E-state index contributed by atoms with van der Waals surface area (Å²) in [6, 6.07) is 14.1. The molecule has 3 rings (SSSR count). The highest BCUT2D eigenvalue weighted by Gasteiger charge is 2.38. The lowest BCUT2D eigenvalue weighted by atomic mass is 9.97. The molecule has 1 aliphatic rings. The van der Waals surface area contributed by atoms with Gasteiger partial charge < -0.3 is 19.5 Å². The van der Waals surface area contributed by atoms with Gasteiger partial charge in [-0.15, -0.1) is 0 Å². The number of ether oxygens (including phenoxy) is 3. The largest absolute Gasteiger partial charge is 0.489 e. The highest BCUT2D eigenvalue weighted by molar-refractivity contribution is 9.10. The summed E-state index contributed by atoms with van der Waals surface area (Å²) >= 11 is 3.44. The lowest BCUT2D eigenvalue weighted by Gasteiger charge is -2.42. The molecule has 1 amide bonds. The molecule has 1 fully saturated rings. The Labute approximate surface area is 186 Å². The Hall–Kier alpha value is -2.15. The molecular weight excluding hydrogens is 446 g/mol. The number of nitrogens with one attached hydrogen (secondary N) is 1. The van der Waals surface area contributed by atoms with Crippen LogP contribution in [0.3, 0.4) is 0 Å². The van der Waals surface area contributed by atoms with Crippen molar-refractivity contribution in [3.05, 3.63) is 69.7 Å². The van der Waals surface area contributed by atoms with E-state index >= 15 is 0 Å². The first-order valence-corrected chi connectivity index (χ1v) is 10.7. The van der Waals surface area contributed by atoms with Gasteiger partial charge in [0.25, 0.3) is 0 Å². The standard InChI is InChI=1S/C24H28BrNO4/c1-17-13-19(7-10-22(17)28-14-20-5-8-21(25)9-6-20)11-12-24(26-18(2)27)15-29-23(3,4)30-16-24/h5-13H,14-16H2,1-4H3,(H,26,27)/b12-11+. The van der Waals surface area contributed by atoms with E-state index in [-0.39, 0.29) is 5.91 Å². The molecule has 0 radical (unpaired) electrons. The summed E-state index contributed by atoms with van der Waals surface area (Å²) in [6.07, 6.45) is 3.92. The Bertz CT molecular complexity index is 911. The molecule has 1 heterocycles. The van der Waals surface area contributed by atoms with Gasteiger partial charge in [0.1, 0.15) is 17.9 Å². The van der Waals surface area contributed by atoms with E-state index in [9.17, 15) is 4.79 Å². The maximum Gasteiger partial charge on any atom is 0.217 e. The second kappa shape index (κ2) is 9.33. The van der Waals surface area contributed by atoms with Gasteiger partial charge in [-0.3, -0.25) is 4.79 Å². The third kappa shape index (κ3) is 6.17. The number of aryl methyl sites for hydroxylation is 1. The number of carbonyl (C=O) groups is 1. The maximum atomic E-state index is 11.7. The molecule has 5 nitrogen and oxygen atoms in total. The first-order valence-electron chi connectivity index (χ1n) is 9.90. The van der Waals surface area contributed by atoms with Crippen LogP contribution in [0.15, 0.2) is 53.0 Å². The van der Waals surface area contributed by atoms with E-state index in [1.54, 1.807) is 0 Å². The van der Waals surface area contributed by atoms with Crippen molar-refractivity contribution in [2.24, 2.45) is 0 Å². The number of carbonyl (C=O) groups excluding carboxylic acids is 1. The average Bonchev–Trinajstić information content (AvgIpc) is 2.69. The molecule has 0 aliphatic carbocycles. The summed E-state index contributed by atoms with van der Waals surface area (Å²) in [5.74, 6) is 0.0670. The Kier molecular flexibility index (Phi) is 7.01. The summed E-state index contributed by atoms with van der Waals surface area (Å²) in [4.78, 5) is 11.7. The molecule has 0 bridgehead atoms. The van der Waals surface area contributed by atoms with Crippen LogP contribution in [-0.4, -0.2) is 30.4 Å². The van der Waals surface area contributed by atoms with Gasteiger partial charge in [-0.2, -0.15) is 0 Å². The summed E-state index contributed by atoms with van der Waals surface area (Å²) < 4.78 is 18.6. The molecular formula is C24H28BrNO4. The third-order valence-corrected chi connectivity index (χ3v) is 5.41. The third-order valence-electron chi connectivity index (χ3n) is 4.88. The Balaban J connectivity index is 1.69. The summed E-state index contributed by atoms with van der Waals surface area (Å²) in [6.45, 7) is 8.46. The van der Waals surface area contributed by atoms with Gasteiger partial charge in [-0.1, -0.05) is 46.3 Å². The van der Waals surface area contributed by atoms with Crippen molar-refractivity contribution in [1.82, 2.24) is 5.32 Å². The molecule has 0 saturated carbocycles. The van der Waals surface area contributed by atoms with E-state index in [0.717, 1.165) is 26.9 Å². The predicted octanol–water partition coefficient (Wildman–Crippen LogP) is 5.01. The van der Waals surface area contributed by atoms with Crippen molar-refractivity contribution in [3.8, 4) is 5.75 Å². The van der Waals surface area contributed by atoms with Crippen LogP contribution in [0.5, 0.6) is 5.75 Å². The minimum atomic E-state index is -0.688. The Morgan fingerprint density at radius 3 is 2.43 bits per heavy atom. The fraction of sp³-hybridized carbons (Fsp3) is 0.375. The minimum Gasteiger partial charge on any atom is -0.489 e. The van der Waals surface area contributed by atoms with Crippen LogP contribution >= 0.6 is 15.9 Å². The summed E-state index contributed by atoms with van der Waals surface area (Å²) in [5, 5.41) is 2.97. The van der Waals surface area contributed by atoms with E-state index in [1.165, 1.54) is 6.92 Å². The SMILES string of the molecule is CC(=O)NC1(/C=C/c2ccc(OCc3ccc(Br)cc3)c(C)c2)COC(C)(C)OC1. The van der Waals surface area contributed by atoms with Crippen LogP contribution < -0.4 is 10.1 Å². The van der Waals surface area contributed by atoms with Crippen molar-refractivity contribution in [1.29, 1.82) is 0 Å². The monoisotopic (exact) mass is 473 g/mol. The van der Waals surface area contributed by atoms with Crippen LogP contribution in [0, 0.1) is 6.92 Å². The molecule has 1 saturated heterocycles. The van der Waals surface area contributed by atoms with Gasteiger partial charge in [0, 0.05) is 11.4 Å². The zero-order valence-electron chi connectivity index (χ0n) is 17.8. The first kappa shape index (κ1) is 22.5. The molecule has 0 unspecified atom stereocenters. The van der Waals surface area contributed by atoms with E-state index < -0.39 is 11.3 Å². The van der Waals surface area contributed by atoms with Gasteiger partial charge in [0.2, 0.25) is 5.91 Å². The van der Waals surface area contributed by atoms with Crippen molar-refractivity contribution < 1.29 is 19.0 Å². The van der Waals surface area contributed by atoms with E-state index in [1.807, 2.05) is 69.3 Å². The van der Waals surface area contributed by atoms with Gasteiger partial charge >= 0.3 is 0 Å². The average molecular weight is 474 g/mol. The molecule has 1 N–H and O–H groups in total. The van der Waals surface area contributed by atoms with Gasteiger partial charge in [0.05, 0.1) is 13.2 Å². The molecule has 1 aliphatic heterocycles. The second-order valence-corrected chi connectivity index (χ2v) is 9.00. The fourth-order valence-corrected chi connectivity index (χ4v) is 3.45. The predicted molar refractivity (Wildman–Crippen MR) is 121 cm³/mol. The van der Waals surface area contributed by atoms with E-state index in [2.05, 4.69) is 27.3 Å². The number of hydrogen-bond acceptors (Lipinski definition) is 4. The first-order chi connectivity index (χ1) is 14.2. The Morgan fingerprint density at radius 2 is 1.83 bits per heavy atom. The fourth-order valence-electron chi connectivity index (χ4n) is 3.18. The zero-order valence-corrected chi connectivity index (χ0v) is 19.4. The molecule has 30 heavy (non-hydrogen) atoms. The normalized spacial score (nSPS) is 17.6. The number of rotatable bonds is 6. The summed E-state index contributed by atoms with van der Waals surface area (Å²) in [7, 11) is 0. The number of halogens is 1. The molecule has 0 atom stereocenters. The van der Waals surface area contributed by atoms with Crippen LogP contribution in [0.25, 0.3) is 6.08 Å². The topological polar surface area (TPSA) is 56.8 Å². The number of amides is 1. The molecule has 2 aromatic rings. The molecule has 2 aromatic carbocycles. The molecule has 0 spiro atoms. The quantitative estimate of drug-likeness (QED) is 0.640. The van der Waals surface area contributed by atoms with Gasteiger partial charge in [-0.25, -0.2) is 0 Å². The van der Waals surface area contributed by atoms with Crippen LogP contribution in [-0.2, 0) is 20.9 Å². The molecule has 6 heteroatoms. The van der Waals surface area contributed by atoms with Crippen LogP contribution in [0.4, 0.5) is 0 Å². The van der Waals surface area contributed by atoms with Gasteiger partial charge in [0.15, 0.2) is 5.79 Å². The minimum absolute atomic E-state index is 0.126. The van der Waals surface area contributed by atoms with E-state index in [4.69, 9.17) is 14.2 Å². The van der Waals surface area contributed by atoms with Crippen molar-refractivity contribution >= 4 is 27.9 Å². The lowest BCUT2D eigenvalue weighted by Crippen LogP contribution is -2.59. The van der Waals surface area contributed by atoms with E-state index in [0.29, 0.717) is 19.8 Å². The van der Waals surface area contributed by atoms with Gasteiger partial charge in [-0.05, 0) is 61.7 Å². The highest BCUT2D eigenvalue weighted by Crippen LogP contribution is 2.26. The molecule has 0 aromatic heterocycles. The van der Waals surface area contributed by atoms with Crippen molar-refractivity contribution in [2.45, 2.75) is 45.6 Å². The molecule has 160 valence electrons. The lowest BCUT2D eigenvalue weighted by molar-refractivity contribution is -0.264. The number of benzene rings is 2. The number of hydrogen-bond donors (Lipinski definition) is 1. The Morgan fingerprint density at radius 1 is 1.17 bits per heavy atom. The highest BCUT2D eigenvalue weighted by atomic mass is 79.9. The second-order valence-electron chi connectivity index (χ2n) is 8.09. The smallest absolute Gasteiger partial charge is 0.217 e. The maximum absolute atomic E-state index is 11.7. The zero-order chi connectivity index (χ0) is 21.8.